The summed E-state index contributed by atoms with van der Waals surface area (Å²) in [6.45, 7) is 8.62. The van der Waals surface area contributed by atoms with Gasteiger partial charge in [-0.2, -0.15) is 0 Å². The fraction of sp³-hybridized carbons (Fsp3) is 0.500. The highest BCUT2D eigenvalue weighted by Crippen LogP contribution is 2.20. The van der Waals surface area contributed by atoms with Crippen molar-refractivity contribution >= 4 is 17.5 Å². The van der Waals surface area contributed by atoms with Crippen LogP contribution in [0.1, 0.15) is 38.3 Å². The predicted molar refractivity (Wildman–Crippen MR) is 81.7 cm³/mol. The highest BCUT2D eigenvalue weighted by molar-refractivity contribution is 6.39. The smallest absolute Gasteiger partial charge is 0.313 e. The Morgan fingerprint density at radius 3 is 2.50 bits per heavy atom. The lowest BCUT2D eigenvalue weighted by Crippen LogP contribution is -2.36. The van der Waals surface area contributed by atoms with E-state index in [-0.39, 0.29) is 0 Å². The second-order valence-corrected chi connectivity index (χ2v) is 5.36. The van der Waals surface area contributed by atoms with Gasteiger partial charge >= 0.3 is 11.8 Å². The summed E-state index contributed by atoms with van der Waals surface area (Å²) in [6.07, 6.45) is 1.68. The van der Waals surface area contributed by atoms with E-state index in [1.807, 2.05) is 32.0 Å². The predicted octanol–water partition coefficient (Wildman–Crippen LogP) is 2.66. The molecular formula is C16H24N2O2. The number of carbonyl (C=O) groups excluding carboxylic acids is 2. The Kier molecular flexibility index (Phi) is 6.22. The van der Waals surface area contributed by atoms with E-state index in [1.165, 1.54) is 0 Å². The van der Waals surface area contributed by atoms with E-state index in [2.05, 4.69) is 24.5 Å². The summed E-state index contributed by atoms with van der Waals surface area (Å²) in [7, 11) is 0. The molecule has 0 aliphatic rings. The molecule has 0 aliphatic heterocycles. The summed E-state index contributed by atoms with van der Waals surface area (Å²) >= 11 is 0. The molecule has 20 heavy (non-hydrogen) atoms. The molecule has 0 saturated carbocycles. The average molecular weight is 276 g/mol. The van der Waals surface area contributed by atoms with Gasteiger partial charge in [0.05, 0.1) is 0 Å². The van der Waals surface area contributed by atoms with Crippen LogP contribution in [0.3, 0.4) is 0 Å². The van der Waals surface area contributed by atoms with Crippen LogP contribution in [0.15, 0.2) is 18.2 Å². The third-order valence-corrected chi connectivity index (χ3v) is 3.19. The molecule has 2 amide bonds. The van der Waals surface area contributed by atoms with Crippen molar-refractivity contribution in [3.05, 3.63) is 29.3 Å². The SMILES string of the molecule is CCc1cccc(C)c1NC(=O)C(=O)NCCC(C)C. The minimum Gasteiger partial charge on any atom is -0.348 e. The number of benzene rings is 1. The summed E-state index contributed by atoms with van der Waals surface area (Å²) in [4.78, 5) is 23.6. The molecule has 2 N–H and O–H groups in total. The van der Waals surface area contributed by atoms with Crippen LogP contribution in [0.2, 0.25) is 0 Å². The van der Waals surface area contributed by atoms with Crippen molar-refractivity contribution in [3.8, 4) is 0 Å². The Balaban J connectivity index is 2.64. The number of hydrogen-bond acceptors (Lipinski definition) is 2. The molecular weight excluding hydrogens is 252 g/mol. The molecule has 4 nitrogen and oxygen atoms in total. The quantitative estimate of drug-likeness (QED) is 0.812. The van der Waals surface area contributed by atoms with Crippen LogP contribution in [0.5, 0.6) is 0 Å². The highest BCUT2D eigenvalue weighted by atomic mass is 16.2. The maximum Gasteiger partial charge on any atom is 0.313 e. The topological polar surface area (TPSA) is 58.2 Å². The normalized spacial score (nSPS) is 10.4. The summed E-state index contributed by atoms with van der Waals surface area (Å²) in [5, 5.41) is 5.36. The fourth-order valence-corrected chi connectivity index (χ4v) is 1.93. The molecule has 1 aromatic carbocycles. The van der Waals surface area contributed by atoms with E-state index in [1.54, 1.807) is 0 Å². The first-order chi connectivity index (χ1) is 9.45. The molecule has 4 heteroatoms. The van der Waals surface area contributed by atoms with Crippen molar-refractivity contribution in [1.29, 1.82) is 0 Å². The zero-order chi connectivity index (χ0) is 15.1. The minimum atomic E-state index is -0.599. The first kappa shape index (κ1) is 16.2. The summed E-state index contributed by atoms with van der Waals surface area (Å²) in [5.74, 6) is -0.671. The average Bonchev–Trinajstić information content (AvgIpc) is 2.40. The number of nitrogens with one attached hydrogen (secondary N) is 2. The summed E-state index contributed by atoms with van der Waals surface area (Å²) in [6, 6.07) is 5.83. The van der Waals surface area contributed by atoms with Gasteiger partial charge in [0.25, 0.3) is 0 Å². The van der Waals surface area contributed by atoms with Gasteiger partial charge in [-0.3, -0.25) is 9.59 Å². The lowest BCUT2D eigenvalue weighted by molar-refractivity contribution is -0.136. The molecule has 0 aliphatic carbocycles. The van der Waals surface area contributed by atoms with Gasteiger partial charge in [0.15, 0.2) is 0 Å². The molecule has 110 valence electrons. The molecule has 0 radical (unpaired) electrons. The van der Waals surface area contributed by atoms with Crippen LogP contribution in [0.25, 0.3) is 0 Å². The molecule has 0 aromatic heterocycles. The lowest BCUT2D eigenvalue weighted by atomic mass is 10.1. The van der Waals surface area contributed by atoms with Crippen LogP contribution in [0.4, 0.5) is 5.69 Å². The van der Waals surface area contributed by atoms with E-state index in [4.69, 9.17) is 0 Å². The first-order valence-electron chi connectivity index (χ1n) is 7.13. The van der Waals surface area contributed by atoms with Gasteiger partial charge in [0.1, 0.15) is 0 Å². The third-order valence-electron chi connectivity index (χ3n) is 3.19. The molecule has 1 rings (SSSR count). The van der Waals surface area contributed by atoms with Crippen molar-refractivity contribution in [2.75, 3.05) is 11.9 Å². The van der Waals surface area contributed by atoms with Gasteiger partial charge in [-0.15, -0.1) is 0 Å². The van der Waals surface area contributed by atoms with Crippen LogP contribution in [-0.2, 0) is 16.0 Å². The van der Waals surface area contributed by atoms with Gasteiger partial charge in [0, 0.05) is 12.2 Å². The molecule has 1 aromatic rings. The monoisotopic (exact) mass is 276 g/mol. The maximum atomic E-state index is 11.9. The highest BCUT2D eigenvalue weighted by Gasteiger charge is 2.15. The van der Waals surface area contributed by atoms with Crippen LogP contribution >= 0.6 is 0 Å². The molecule has 0 bridgehead atoms. The number of hydrogen-bond donors (Lipinski definition) is 2. The number of aryl methyl sites for hydroxylation is 2. The van der Waals surface area contributed by atoms with Crippen molar-refractivity contribution in [1.82, 2.24) is 5.32 Å². The number of carbonyl (C=O) groups is 2. The molecule has 0 spiro atoms. The number of amides is 2. The zero-order valence-corrected chi connectivity index (χ0v) is 12.7. The number of anilines is 1. The van der Waals surface area contributed by atoms with E-state index < -0.39 is 11.8 Å². The largest absolute Gasteiger partial charge is 0.348 e. The van der Waals surface area contributed by atoms with Gasteiger partial charge in [0.2, 0.25) is 0 Å². The first-order valence-corrected chi connectivity index (χ1v) is 7.13. The second kappa shape index (κ2) is 7.68. The zero-order valence-electron chi connectivity index (χ0n) is 12.7. The molecule has 0 unspecified atom stereocenters. The third kappa shape index (κ3) is 4.68. The van der Waals surface area contributed by atoms with Crippen molar-refractivity contribution in [3.63, 3.8) is 0 Å². The van der Waals surface area contributed by atoms with Crippen molar-refractivity contribution in [2.24, 2.45) is 5.92 Å². The number of para-hydroxylation sites is 1. The lowest BCUT2D eigenvalue weighted by Gasteiger charge is -2.13. The minimum absolute atomic E-state index is 0.501. The van der Waals surface area contributed by atoms with Gasteiger partial charge in [-0.25, -0.2) is 0 Å². The van der Waals surface area contributed by atoms with E-state index in [0.717, 1.165) is 29.7 Å². The Hall–Kier alpha value is -1.84. The van der Waals surface area contributed by atoms with Gasteiger partial charge in [-0.1, -0.05) is 39.0 Å². The van der Waals surface area contributed by atoms with Crippen LogP contribution in [-0.4, -0.2) is 18.4 Å². The standard InChI is InChI=1S/C16H24N2O2/c1-5-13-8-6-7-12(4)14(13)18-16(20)15(19)17-10-9-11(2)3/h6-8,11H,5,9-10H2,1-4H3,(H,17,19)(H,18,20). The Morgan fingerprint density at radius 1 is 1.20 bits per heavy atom. The van der Waals surface area contributed by atoms with Gasteiger partial charge < -0.3 is 10.6 Å². The second-order valence-electron chi connectivity index (χ2n) is 5.36. The molecule has 0 heterocycles. The summed E-state index contributed by atoms with van der Waals surface area (Å²) < 4.78 is 0. The Labute approximate surface area is 121 Å². The van der Waals surface area contributed by atoms with Crippen molar-refractivity contribution in [2.45, 2.75) is 40.5 Å². The molecule has 0 fully saturated rings. The summed E-state index contributed by atoms with van der Waals surface area (Å²) in [5.41, 5.74) is 2.75. The molecule has 0 atom stereocenters. The Morgan fingerprint density at radius 2 is 1.90 bits per heavy atom. The van der Waals surface area contributed by atoms with Crippen LogP contribution in [0, 0.1) is 12.8 Å². The maximum absolute atomic E-state index is 11.9. The fourth-order valence-electron chi connectivity index (χ4n) is 1.93. The molecule has 0 saturated heterocycles. The van der Waals surface area contributed by atoms with Crippen LogP contribution < -0.4 is 10.6 Å². The van der Waals surface area contributed by atoms with Gasteiger partial charge in [-0.05, 0) is 36.8 Å². The van der Waals surface area contributed by atoms with E-state index in [9.17, 15) is 9.59 Å². The van der Waals surface area contributed by atoms with E-state index >= 15 is 0 Å². The number of rotatable bonds is 5. The van der Waals surface area contributed by atoms with E-state index in [0.29, 0.717) is 12.5 Å². The Bertz CT molecular complexity index is 481. The van der Waals surface area contributed by atoms with Crippen molar-refractivity contribution < 1.29 is 9.59 Å².